The number of rotatable bonds is 9. The van der Waals surface area contributed by atoms with Crippen molar-refractivity contribution in [3.8, 4) is 0 Å². The first-order valence-corrected chi connectivity index (χ1v) is 9.82. The predicted molar refractivity (Wildman–Crippen MR) is 115 cm³/mol. The minimum Gasteiger partial charge on any atom is -0.491 e. The van der Waals surface area contributed by atoms with Gasteiger partial charge in [0, 0.05) is 24.4 Å². The van der Waals surface area contributed by atoms with Gasteiger partial charge in [0.2, 0.25) is 0 Å². The SMILES string of the molecule is CCCCCOC1=C/C(=N/c2ccc(N(CC)C(C)C)cc2)C(N)=CC1=N. The molecule has 0 fully saturated rings. The Morgan fingerprint density at radius 1 is 1.11 bits per heavy atom. The van der Waals surface area contributed by atoms with Crippen LogP contribution in [0.5, 0.6) is 0 Å². The van der Waals surface area contributed by atoms with E-state index < -0.39 is 0 Å². The maximum Gasteiger partial charge on any atom is 0.146 e. The van der Waals surface area contributed by atoms with E-state index in [0.717, 1.165) is 31.5 Å². The van der Waals surface area contributed by atoms with Crippen molar-refractivity contribution in [1.29, 1.82) is 5.41 Å². The third-order valence-electron chi connectivity index (χ3n) is 4.53. The summed E-state index contributed by atoms with van der Waals surface area (Å²) in [6, 6.07) is 8.61. The van der Waals surface area contributed by atoms with Crippen LogP contribution in [0.1, 0.15) is 47.0 Å². The molecule has 5 nitrogen and oxygen atoms in total. The molecule has 0 aromatic heterocycles. The monoisotopic (exact) mass is 368 g/mol. The van der Waals surface area contributed by atoms with E-state index in [-0.39, 0.29) is 0 Å². The molecule has 0 spiro atoms. The van der Waals surface area contributed by atoms with Crippen molar-refractivity contribution in [2.45, 2.75) is 53.0 Å². The smallest absolute Gasteiger partial charge is 0.146 e. The molecule has 0 radical (unpaired) electrons. The lowest BCUT2D eigenvalue weighted by molar-refractivity contribution is 0.224. The number of allylic oxidation sites excluding steroid dienone is 2. The zero-order chi connectivity index (χ0) is 19.8. The number of hydrogen-bond acceptors (Lipinski definition) is 5. The molecule has 1 aliphatic carbocycles. The van der Waals surface area contributed by atoms with Crippen molar-refractivity contribution >= 4 is 22.8 Å². The van der Waals surface area contributed by atoms with Crippen LogP contribution < -0.4 is 10.6 Å². The van der Waals surface area contributed by atoms with Crippen molar-refractivity contribution in [1.82, 2.24) is 0 Å². The van der Waals surface area contributed by atoms with Gasteiger partial charge in [0.05, 0.1) is 29.4 Å². The van der Waals surface area contributed by atoms with Crippen LogP contribution in [0.2, 0.25) is 0 Å². The van der Waals surface area contributed by atoms with Gasteiger partial charge >= 0.3 is 0 Å². The summed E-state index contributed by atoms with van der Waals surface area (Å²) in [6.45, 7) is 10.3. The number of ether oxygens (including phenoxy) is 1. The summed E-state index contributed by atoms with van der Waals surface area (Å²) in [5, 5.41) is 8.05. The maximum atomic E-state index is 8.05. The van der Waals surface area contributed by atoms with Gasteiger partial charge in [0.1, 0.15) is 5.76 Å². The Hall–Kier alpha value is -2.56. The van der Waals surface area contributed by atoms with Crippen LogP contribution in [-0.2, 0) is 4.74 Å². The lowest BCUT2D eigenvalue weighted by atomic mass is 10.1. The Morgan fingerprint density at radius 2 is 1.81 bits per heavy atom. The Labute approximate surface area is 163 Å². The van der Waals surface area contributed by atoms with Crippen LogP contribution in [0.25, 0.3) is 0 Å². The highest BCUT2D eigenvalue weighted by atomic mass is 16.5. The van der Waals surface area contributed by atoms with Crippen molar-refractivity contribution in [2.75, 3.05) is 18.1 Å². The lowest BCUT2D eigenvalue weighted by Gasteiger charge is -2.27. The summed E-state index contributed by atoms with van der Waals surface area (Å²) in [5.41, 5.74) is 9.52. The highest BCUT2D eigenvalue weighted by molar-refractivity contribution is 6.22. The highest BCUT2D eigenvalue weighted by Crippen LogP contribution is 2.23. The molecule has 1 aromatic carbocycles. The standard InChI is InChI=1S/C22H32N4O/c1-5-7-8-13-27-22-15-21(19(23)14-20(22)24)25-17-9-11-18(12-10-17)26(6-2)16(3)4/h9-12,14-16,24H,5-8,13,23H2,1-4H3/b24-20?,25-21-. The first-order chi connectivity index (χ1) is 13.0. The maximum absolute atomic E-state index is 8.05. The number of hydrogen-bond donors (Lipinski definition) is 2. The van der Waals surface area contributed by atoms with E-state index in [4.69, 9.17) is 15.9 Å². The van der Waals surface area contributed by atoms with E-state index in [9.17, 15) is 0 Å². The first kappa shape index (κ1) is 20.7. The molecule has 0 aliphatic heterocycles. The lowest BCUT2D eigenvalue weighted by Crippen LogP contribution is -2.30. The average Bonchev–Trinajstić information content (AvgIpc) is 2.64. The highest BCUT2D eigenvalue weighted by Gasteiger charge is 2.16. The Morgan fingerprint density at radius 3 is 2.41 bits per heavy atom. The summed E-state index contributed by atoms with van der Waals surface area (Å²) >= 11 is 0. The van der Waals surface area contributed by atoms with Gasteiger partial charge in [0.25, 0.3) is 0 Å². The van der Waals surface area contributed by atoms with Crippen molar-refractivity contribution in [2.24, 2.45) is 10.7 Å². The molecule has 5 heteroatoms. The van der Waals surface area contributed by atoms with Crippen molar-refractivity contribution in [3.05, 3.63) is 47.9 Å². The molecular formula is C22H32N4O. The van der Waals surface area contributed by atoms with Crippen molar-refractivity contribution < 1.29 is 4.74 Å². The van der Waals surface area contributed by atoms with Crippen LogP contribution in [-0.4, -0.2) is 30.6 Å². The molecule has 3 N–H and O–H groups in total. The van der Waals surface area contributed by atoms with Gasteiger partial charge in [-0.3, -0.25) is 5.41 Å². The van der Waals surface area contributed by atoms with Gasteiger partial charge in [-0.05, 0) is 57.5 Å². The summed E-state index contributed by atoms with van der Waals surface area (Å²) in [4.78, 5) is 6.98. The summed E-state index contributed by atoms with van der Waals surface area (Å²) in [5.74, 6) is 0.535. The fourth-order valence-electron chi connectivity index (χ4n) is 3.04. The largest absolute Gasteiger partial charge is 0.491 e. The fourth-order valence-corrected chi connectivity index (χ4v) is 3.04. The average molecular weight is 369 g/mol. The second kappa shape index (κ2) is 9.95. The first-order valence-electron chi connectivity index (χ1n) is 9.82. The van der Waals surface area contributed by atoms with E-state index in [0.29, 0.717) is 35.5 Å². The van der Waals surface area contributed by atoms with Gasteiger partial charge < -0.3 is 15.4 Å². The van der Waals surface area contributed by atoms with E-state index >= 15 is 0 Å². The molecule has 0 saturated carbocycles. The number of nitrogens with one attached hydrogen (secondary N) is 1. The fraction of sp³-hybridized carbons (Fsp3) is 0.455. The van der Waals surface area contributed by atoms with Crippen LogP contribution in [0.3, 0.4) is 0 Å². The molecule has 0 saturated heterocycles. The van der Waals surface area contributed by atoms with E-state index in [1.165, 1.54) is 5.69 Å². The van der Waals surface area contributed by atoms with Gasteiger partial charge in [-0.25, -0.2) is 4.99 Å². The second-order valence-electron chi connectivity index (χ2n) is 6.97. The third kappa shape index (κ3) is 5.71. The number of nitrogens with two attached hydrogens (primary N) is 1. The van der Waals surface area contributed by atoms with E-state index in [1.807, 2.05) is 12.1 Å². The molecule has 1 aliphatic rings. The van der Waals surface area contributed by atoms with Gasteiger partial charge in [-0.15, -0.1) is 0 Å². The van der Waals surface area contributed by atoms with Gasteiger partial charge in [-0.2, -0.15) is 0 Å². The summed E-state index contributed by atoms with van der Waals surface area (Å²) in [6.07, 6.45) is 6.63. The van der Waals surface area contributed by atoms with Crippen LogP contribution >= 0.6 is 0 Å². The van der Waals surface area contributed by atoms with E-state index in [1.54, 1.807) is 12.2 Å². The minimum absolute atomic E-state index is 0.300. The minimum atomic E-state index is 0.300. The summed E-state index contributed by atoms with van der Waals surface area (Å²) in [7, 11) is 0. The summed E-state index contributed by atoms with van der Waals surface area (Å²) < 4.78 is 5.75. The Balaban J connectivity index is 2.16. The van der Waals surface area contributed by atoms with Crippen LogP contribution in [0, 0.1) is 5.41 Å². The molecule has 0 unspecified atom stereocenters. The molecule has 146 valence electrons. The molecule has 0 heterocycles. The Bertz CT molecular complexity index is 729. The molecular weight excluding hydrogens is 336 g/mol. The molecule has 0 amide bonds. The molecule has 2 rings (SSSR count). The second-order valence-corrected chi connectivity index (χ2v) is 6.97. The van der Waals surface area contributed by atoms with Crippen LogP contribution in [0.15, 0.2) is 52.9 Å². The zero-order valence-corrected chi connectivity index (χ0v) is 17.0. The topological polar surface area (TPSA) is 74.7 Å². The number of aliphatic imine (C=N–C) groups is 1. The van der Waals surface area contributed by atoms with Gasteiger partial charge in [-0.1, -0.05) is 19.8 Å². The third-order valence-corrected chi connectivity index (χ3v) is 4.53. The number of anilines is 1. The quantitative estimate of drug-likeness (QED) is 0.478. The molecule has 27 heavy (non-hydrogen) atoms. The van der Waals surface area contributed by atoms with Crippen molar-refractivity contribution in [3.63, 3.8) is 0 Å². The molecule has 0 bridgehead atoms. The number of nitrogens with zero attached hydrogens (tertiary/aromatic N) is 2. The zero-order valence-electron chi connectivity index (χ0n) is 17.0. The van der Waals surface area contributed by atoms with E-state index in [2.05, 4.69) is 49.7 Å². The molecule has 0 atom stereocenters. The normalized spacial score (nSPS) is 15.7. The molecule has 1 aromatic rings. The van der Waals surface area contributed by atoms with Crippen LogP contribution in [0.4, 0.5) is 11.4 Å². The number of benzene rings is 1. The Kier molecular flexibility index (Phi) is 7.65. The number of unbranched alkanes of at least 4 members (excludes halogenated alkanes) is 2. The predicted octanol–water partition coefficient (Wildman–Crippen LogP) is 4.96. The van der Waals surface area contributed by atoms with Gasteiger partial charge in [0.15, 0.2) is 0 Å².